The largest absolute Gasteiger partial charge is 0.508 e. The van der Waals surface area contributed by atoms with Crippen LogP contribution in [0.25, 0.3) is 16.9 Å². The van der Waals surface area contributed by atoms with E-state index in [-0.39, 0.29) is 11.4 Å². The van der Waals surface area contributed by atoms with Gasteiger partial charge in [-0.1, -0.05) is 0 Å². The van der Waals surface area contributed by atoms with Crippen molar-refractivity contribution >= 4 is 11.2 Å². The Morgan fingerprint density at radius 1 is 1.16 bits per heavy atom. The van der Waals surface area contributed by atoms with Gasteiger partial charge in [0.15, 0.2) is 5.65 Å². The van der Waals surface area contributed by atoms with Gasteiger partial charge in [-0.05, 0) is 42.8 Å². The fraction of sp³-hybridized carbons (Fsp3) is 0.143. The molecule has 19 heavy (non-hydrogen) atoms. The molecule has 1 aromatic carbocycles. The first-order valence-electron chi connectivity index (χ1n) is 5.92. The van der Waals surface area contributed by atoms with Crippen molar-refractivity contribution in [3.63, 3.8) is 0 Å². The summed E-state index contributed by atoms with van der Waals surface area (Å²) in [6, 6.07) is 8.37. The maximum atomic E-state index is 12.3. The number of benzene rings is 1. The van der Waals surface area contributed by atoms with Crippen LogP contribution in [0.15, 0.2) is 41.3 Å². The second kappa shape index (κ2) is 3.98. The summed E-state index contributed by atoms with van der Waals surface area (Å²) in [5, 5.41) is 9.33. The number of imidazole rings is 1. The molecule has 0 aliphatic heterocycles. The van der Waals surface area contributed by atoms with E-state index in [1.165, 1.54) is 0 Å². The molecule has 0 spiro atoms. The van der Waals surface area contributed by atoms with E-state index in [4.69, 9.17) is 0 Å². The fourth-order valence-corrected chi connectivity index (χ4v) is 2.28. The molecule has 2 aromatic heterocycles. The molecule has 0 atom stereocenters. The minimum absolute atomic E-state index is 0.150. The molecule has 1 N–H and O–H groups in total. The molecule has 3 rings (SSSR count). The van der Waals surface area contributed by atoms with Crippen molar-refractivity contribution in [2.45, 2.75) is 6.92 Å². The van der Waals surface area contributed by atoms with Crippen LogP contribution in [0.3, 0.4) is 0 Å². The number of nitrogens with zero attached hydrogens (tertiary/aromatic N) is 3. The maximum absolute atomic E-state index is 12.3. The summed E-state index contributed by atoms with van der Waals surface area (Å²) in [6.07, 6.45) is 1.69. The molecule has 5 nitrogen and oxygen atoms in total. The normalized spacial score (nSPS) is 11.1. The molecular formula is C14H13N3O2. The number of hydrogen-bond donors (Lipinski definition) is 1. The lowest BCUT2D eigenvalue weighted by molar-refractivity contribution is 0.475. The molecule has 0 bridgehead atoms. The molecule has 0 aliphatic rings. The molecular weight excluding hydrogens is 242 g/mol. The first-order valence-corrected chi connectivity index (χ1v) is 5.92. The smallest absolute Gasteiger partial charge is 0.334 e. The SMILES string of the molecule is Cc1ccnc2c1n(C)c(=O)n2-c1ccc(O)cc1. The van der Waals surface area contributed by atoms with Gasteiger partial charge in [-0.3, -0.25) is 4.57 Å². The number of hydrogen-bond acceptors (Lipinski definition) is 3. The molecule has 0 fully saturated rings. The summed E-state index contributed by atoms with van der Waals surface area (Å²) < 4.78 is 3.13. The van der Waals surface area contributed by atoms with Crippen LogP contribution in [0.5, 0.6) is 5.75 Å². The van der Waals surface area contributed by atoms with Crippen molar-refractivity contribution in [2.75, 3.05) is 0 Å². The first-order chi connectivity index (χ1) is 9.09. The number of pyridine rings is 1. The van der Waals surface area contributed by atoms with Crippen LogP contribution >= 0.6 is 0 Å². The highest BCUT2D eigenvalue weighted by molar-refractivity contribution is 5.77. The molecule has 0 saturated carbocycles. The second-order valence-electron chi connectivity index (χ2n) is 4.49. The topological polar surface area (TPSA) is 60.0 Å². The van der Waals surface area contributed by atoms with Gasteiger partial charge in [0.25, 0.3) is 0 Å². The van der Waals surface area contributed by atoms with Gasteiger partial charge in [-0.2, -0.15) is 0 Å². The third kappa shape index (κ3) is 1.62. The van der Waals surface area contributed by atoms with E-state index in [1.807, 2.05) is 13.0 Å². The second-order valence-corrected chi connectivity index (χ2v) is 4.49. The molecule has 0 amide bonds. The average molecular weight is 255 g/mol. The summed E-state index contributed by atoms with van der Waals surface area (Å²) in [4.78, 5) is 16.7. The predicted molar refractivity (Wildman–Crippen MR) is 72.7 cm³/mol. The monoisotopic (exact) mass is 255 g/mol. The van der Waals surface area contributed by atoms with E-state index < -0.39 is 0 Å². The van der Waals surface area contributed by atoms with Gasteiger partial charge in [-0.25, -0.2) is 14.3 Å². The summed E-state index contributed by atoms with van der Waals surface area (Å²) in [5.74, 6) is 0.168. The van der Waals surface area contributed by atoms with Gasteiger partial charge in [0, 0.05) is 13.2 Å². The summed E-state index contributed by atoms with van der Waals surface area (Å²) >= 11 is 0. The Hall–Kier alpha value is -2.56. The number of aromatic hydroxyl groups is 1. The van der Waals surface area contributed by atoms with E-state index in [2.05, 4.69) is 4.98 Å². The number of phenols is 1. The highest BCUT2D eigenvalue weighted by atomic mass is 16.3. The summed E-state index contributed by atoms with van der Waals surface area (Å²) in [6.45, 7) is 1.95. The Kier molecular flexibility index (Phi) is 2.41. The van der Waals surface area contributed by atoms with Gasteiger partial charge < -0.3 is 5.11 Å². The van der Waals surface area contributed by atoms with E-state index in [1.54, 1.807) is 46.6 Å². The third-order valence-corrected chi connectivity index (χ3v) is 3.24. The minimum atomic E-state index is -0.150. The van der Waals surface area contributed by atoms with Crippen LogP contribution in [0, 0.1) is 6.92 Å². The number of phenolic OH excluding ortho intramolecular Hbond substituents is 1. The zero-order valence-electron chi connectivity index (χ0n) is 10.7. The van der Waals surface area contributed by atoms with E-state index in [9.17, 15) is 9.90 Å². The molecule has 3 aromatic rings. The molecule has 0 saturated heterocycles. The molecule has 0 aliphatic carbocycles. The quantitative estimate of drug-likeness (QED) is 0.720. The Bertz CT molecular complexity index is 813. The standard InChI is InChI=1S/C14H13N3O2/c1-9-7-8-15-13-12(9)16(2)14(19)17(13)10-3-5-11(18)6-4-10/h3-8,18H,1-2H3. The van der Waals surface area contributed by atoms with Crippen LogP contribution in [0.2, 0.25) is 0 Å². The Balaban J connectivity index is 2.42. The summed E-state index contributed by atoms with van der Waals surface area (Å²) in [7, 11) is 1.73. The predicted octanol–water partition coefficient (Wildman–Crippen LogP) is 1.74. The zero-order chi connectivity index (χ0) is 13.6. The van der Waals surface area contributed by atoms with Gasteiger partial charge >= 0.3 is 5.69 Å². The number of aromatic nitrogens is 3. The average Bonchev–Trinajstić information content (AvgIpc) is 2.65. The van der Waals surface area contributed by atoms with Crippen molar-refractivity contribution in [2.24, 2.45) is 7.05 Å². The Labute approximate surface area is 109 Å². The Morgan fingerprint density at radius 2 is 1.84 bits per heavy atom. The lowest BCUT2D eigenvalue weighted by Gasteiger charge is -2.02. The van der Waals surface area contributed by atoms with Crippen LogP contribution in [0.4, 0.5) is 0 Å². The third-order valence-electron chi connectivity index (χ3n) is 3.24. The van der Waals surface area contributed by atoms with Crippen molar-refractivity contribution in [3.05, 3.63) is 52.6 Å². The van der Waals surface area contributed by atoms with Crippen molar-refractivity contribution in [3.8, 4) is 11.4 Å². The summed E-state index contributed by atoms with van der Waals surface area (Å²) in [5.41, 5.74) is 2.98. The molecule has 96 valence electrons. The molecule has 2 heterocycles. The van der Waals surface area contributed by atoms with Gasteiger partial charge in [-0.15, -0.1) is 0 Å². The molecule has 5 heteroatoms. The number of fused-ring (bicyclic) bond motifs is 1. The minimum Gasteiger partial charge on any atom is -0.508 e. The van der Waals surface area contributed by atoms with E-state index in [0.717, 1.165) is 11.1 Å². The highest BCUT2D eigenvalue weighted by Crippen LogP contribution is 2.19. The number of aryl methyl sites for hydroxylation is 2. The van der Waals surface area contributed by atoms with E-state index in [0.29, 0.717) is 11.3 Å². The van der Waals surface area contributed by atoms with E-state index >= 15 is 0 Å². The first kappa shape index (κ1) is 11.5. The Morgan fingerprint density at radius 3 is 2.53 bits per heavy atom. The number of rotatable bonds is 1. The highest BCUT2D eigenvalue weighted by Gasteiger charge is 2.14. The van der Waals surface area contributed by atoms with Crippen molar-refractivity contribution < 1.29 is 5.11 Å². The lowest BCUT2D eigenvalue weighted by Crippen LogP contribution is -2.20. The maximum Gasteiger partial charge on any atom is 0.334 e. The van der Waals surface area contributed by atoms with Crippen LogP contribution in [-0.2, 0) is 7.05 Å². The van der Waals surface area contributed by atoms with Crippen LogP contribution < -0.4 is 5.69 Å². The zero-order valence-corrected chi connectivity index (χ0v) is 10.7. The van der Waals surface area contributed by atoms with Crippen molar-refractivity contribution in [1.82, 2.24) is 14.1 Å². The van der Waals surface area contributed by atoms with Gasteiger partial charge in [0.1, 0.15) is 5.75 Å². The fourth-order valence-electron chi connectivity index (χ4n) is 2.28. The lowest BCUT2D eigenvalue weighted by atomic mass is 10.2. The van der Waals surface area contributed by atoms with Crippen molar-refractivity contribution in [1.29, 1.82) is 0 Å². The molecule has 0 radical (unpaired) electrons. The van der Waals surface area contributed by atoms with Crippen LogP contribution in [-0.4, -0.2) is 19.2 Å². The van der Waals surface area contributed by atoms with Crippen LogP contribution in [0.1, 0.15) is 5.56 Å². The van der Waals surface area contributed by atoms with Gasteiger partial charge in [0.2, 0.25) is 0 Å². The van der Waals surface area contributed by atoms with Gasteiger partial charge in [0.05, 0.1) is 11.2 Å². The molecule has 0 unspecified atom stereocenters.